The van der Waals surface area contributed by atoms with Crippen LogP contribution in [0.4, 0.5) is 5.13 Å². The Morgan fingerprint density at radius 2 is 2.32 bits per heavy atom. The summed E-state index contributed by atoms with van der Waals surface area (Å²) in [7, 11) is 0. The maximum Gasteiger partial charge on any atom is 0.185 e. The van der Waals surface area contributed by atoms with E-state index >= 15 is 0 Å². The van der Waals surface area contributed by atoms with E-state index in [1.807, 2.05) is 6.20 Å². The first kappa shape index (κ1) is 13.3. The Hall–Kier alpha value is -0.650. The van der Waals surface area contributed by atoms with Crippen LogP contribution in [-0.2, 0) is 0 Å². The SMILES string of the molecule is CC1(CN2CCCN(c3nccs3)CC2)CCNC1. The number of nitrogens with zero attached hydrogens (tertiary/aromatic N) is 3. The first-order valence-corrected chi connectivity index (χ1v) is 8.21. The van der Waals surface area contributed by atoms with Crippen molar-refractivity contribution < 1.29 is 0 Å². The van der Waals surface area contributed by atoms with Crippen LogP contribution in [0.1, 0.15) is 19.8 Å². The summed E-state index contributed by atoms with van der Waals surface area (Å²) < 4.78 is 0. The molecule has 1 atom stereocenters. The summed E-state index contributed by atoms with van der Waals surface area (Å²) in [5.74, 6) is 0. The van der Waals surface area contributed by atoms with Gasteiger partial charge in [0.15, 0.2) is 5.13 Å². The second-order valence-corrected chi connectivity index (χ2v) is 7.04. The number of hydrogen-bond acceptors (Lipinski definition) is 5. The van der Waals surface area contributed by atoms with Gasteiger partial charge in [-0.25, -0.2) is 4.98 Å². The highest BCUT2D eigenvalue weighted by atomic mass is 32.1. The number of aromatic nitrogens is 1. The van der Waals surface area contributed by atoms with E-state index in [0.29, 0.717) is 5.41 Å². The van der Waals surface area contributed by atoms with Crippen LogP contribution in [0.15, 0.2) is 11.6 Å². The van der Waals surface area contributed by atoms with Gasteiger partial charge in [-0.15, -0.1) is 11.3 Å². The minimum Gasteiger partial charge on any atom is -0.347 e. The van der Waals surface area contributed by atoms with Crippen LogP contribution in [0.5, 0.6) is 0 Å². The molecule has 3 heterocycles. The fourth-order valence-electron chi connectivity index (χ4n) is 3.24. The molecule has 2 aliphatic rings. The van der Waals surface area contributed by atoms with Crippen LogP contribution < -0.4 is 10.2 Å². The van der Waals surface area contributed by atoms with Gasteiger partial charge in [-0.05, 0) is 31.3 Å². The number of nitrogens with one attached hydrogen (secondary N) is 1. The van der Waals surface area contributed by atoms with Crippen molar-refractivity contribution in [1.82, 2.24) is 15.2 Å². The Bertz CT molecular complexity index is 386. The van der Waals surface area contributed by atoms with Gasteiger partial charge < -0.3 is 15.1 Å². The van der Waals surface area contributed by atoms with Crippen molar-refractivity contribution in [2.24, 2.45) is 5.41 Å². The lowest BCUT2D eigenvalue weighted by molar-refractivity contribution is 0.187. The zero-order chi connectivity index (χ0) is 13.1. The van der Waals surface area contributed by atoms with Gasteiger partial charge in [0.2, 0.25) is 0 Å². The van der Waals surface area contributed by atoms with Gasteiger partial charge in [0.25, 0.3) is 0 Å². The topological polar surface area (TPSA) is 31.4 Å². The smallest absolute Gasteiger partial charge is 0.185 e. The van der Waals surface area contributed by atoms with Gasteiger partial charge in [-0.3, -0.25) is 0 Å². The van der Waals surface area contributed by atoms with Gasteiger partial charge in [0.05, 0.1) is 0 Å². The third kappa shape index (κ3) is 3.27. The van der Waals surface area contributed by atoms with Gasteiger partial charge in [0.1, 0.15) is 0 Å². The molecule has 3 rings (SSSR count). The molecule has 1 aromatic heterocycles. The standard InChI is InChI=1S/C14H24N4S/c1-14(3-4-15-11-14)12-17-6-2-7-18(9-8-17)13-16-5-10-19-13/h5,10,15H,2-4,6-9,11-12H2,1H3. The number of rotatable bonds is 3. The molecule has 2 fully saturated rings. The largest absolute Gasteiger partial charge is 0.347 e. The Morgan fingerprint density at radius 3 is 3.05 bits per heavy atom. The number of hydrogen-bond donors (Lipinski definition) is 1. The second kappa shape index (κ2) is 5.77. The minimum absolute atomic E-state index is 0.482. The molecule has 2 saturated heterocycles. The average molecular weight is 280 g/mol. The normalized spacial score (nSPS) is 29.6. The molecule has 0 aromatic carbocycles. The molecule has 0 aliphatic carbocycles. The molecule has 0 saturated carbocycles. The molecule has 1 aromatic rings. The van der Waals surface area contributed by atoms with Crippen molar-refractivity contribution in [3.8, 4) is 0 Å². The van der Waals surface area contributed by atoms with Crippen LogP contribution in [-0.4, -0.2) is 55.7 Å². The van der Waals surface area contributed by atoms with Gasteiger partial charge in [-0.2, -0.15) is 0 Å². The lowest BCUT2D eigenvalue weighted by atomic mass is 9.89. The summed E-state index contributed by atoms with van der Waals surface area (Å²) in [4.78, 5) is 9.54. The summed E-state index contributed by atoms with van der Waals surface area (Å²) in [5.41, 5.74) is 0.482. The highest BCUT2D eigenvalue weighted by Gasteiger charge is 2.31. The number of thiazole rings is 1. The molecular weight excluding hydrogens is 256 g/mol. The Kier molecular flexibility index (Phi) is 4.05. The van der Waals surface area contributed by atoms with E-state index in [-0.39, 0.29) is 0 Å². The lowest BCUT2D eigenvalue weighted by Crippen LogP contribution is -2.39. The van der Waals surface area contributed by atoms with Crippen LogP contribution >= 0.6 is 11.3 Å². The van der Waals surface area contributed by atoms with Crippen LogP contribution in [0.25, 0.3) is 0 Å². The molecule has 0 radical (unpaired) electrons. The van der Waals surface area contributed by atoms with E-state index in [4.69, 9.17) is 0 Å². The lowest BCUT2D eigenvalue weighted by Gasteiger charge is -2.31. The van der Waals surface area contributed by atoms with E-state index in [1.165, 1.54) is 50.7 Å². The van der Waals surface area contributed by atoms with E-state index in [9.17, 15) is 0 Å². The van der Waals surface area contributed by atoms with Crippen LogP contribution in [0.3, 0.4) is 0 Å². The molecule has 1 unspecified atom stereocenters. The summed E-state index contributed by atoms with van der Waals surface area (Å²) in [6.45, 7) is 10.7. The van der Waals surface area contributed by atoms with Crippen LogP contribution in [0.2, 0.25) is 0 Å². The summed E-state index contributed by atoms with van der Waals surface area (Å²) in [6, 6.07) is 0. The first-order valence-electron chi connectivity index (χ1n) is 7.33. The zero-order valence-electron chi connectivity index (χ0n) is 11.8. The Labute approximate surface area is 119 Å². The molecule has 106 valence electrons. The van der Waals surface area contributed by atoms with E-state index < -0.39 is 0 Å². The summed E-state index contributed by atoms with van der Waals surface area (Å²) in [5, 5.41) is 6.77. The van der Waals surface area contributed by atoms with Crippen molar-refractivity contribution in [2.45, 2.75) is 19.8 Å². The van der Waals surface area contributed by atoms with Gasteiger partial charge >= 0.3 is 0 Å². The molecule has 0 amide bonds. The van der Waals surface area contributed by atoms with Crippen molar-refractivity contribution in [3.63, 3.8) is 0 Å². The molecule has 4 nitrogen and oxygen atoms in total. The van der Waals surface area contributed by atoms with E-state index in [2.05, 4.69) is 32.4 Å². The summed E-state index contributed by atoms with van der Waals surface area (Å²) in [6.07, 6.45) is 4.48. The third-order valence-electron chi connectivity index (χ3n) is 4.34. The predicted molar refractivity (Wildman–Crippen MR) is 81.0 cm³/mol. The maximum absolute atomic E-state index is 4.44. The molecule has 0 spiro atoms. The van der Waals surface area contributed by atoms with E-state index in [0.717, 1.165) is 13.1 Å². The van der Waals surface area contributed by atoms with Crippen molar-refractivity contribution in [1.29, 1.82) is 0 Å². The van der Waals surface area contributed by atoms with Crippen LogP contribution in [0, 0.1) is 5.41 Å². The third-order valence-corrected chi connectivity index (χ3v) is 5.17. The fraction of sp³-hybridized carbons (Fsp3) is 0.786. The first-order chi connectivity index (χ1) is 9.25. The molecule has 1 N–H and O–H groups in total. The van der Waals surface area contributed by atoms with Crippen molar-refractivity contribution in [2.75, 3.05) is 50.7 Å². The maximum atomic E-state index is 4.44. The molecular formula is C14H24N4S. The molecule has 19 heavy (non-hydrogen) atoms. The monoisotopic (exact) mass is 280 g/mol. The fourth-order valence-corrected chi connectivity index (χ4v) is 3.93. The number of anilines is 1. The second-order valence-electron chi connectivity index (χ2n) is 6.17. The van der Waals surface area contributed by atoms with Gasteiger partial charge in [0, 0.05) is 44.3 Å². The quantitative estimate of drug-likeness (QED) is 0.912. The van der Waals surface area contributed by atoms with E-state index in [1.54, 1.807) is 11.3 Å². The Balaban J connectivity index is 1.55. The van der Waals surface area contributed by atoms with Crippen molar-refractivity contribution >= 4 is 16.5 Å². The highest BCUT2D eigenvalue weighted by molar-refractivity contribution is 7.13. The highest BCUT2D eigenvalue weighted by Crippen LogP contribution is 2.26. The minimum atomic E-state index is 0.482. The predicted octanol–water partition coefficient (Wildman–Crippen LogP) is 1.65. The van der Waals surface area contributed by atoms with Crippen molar-refractivity contribution in [3.05, 3.63) is 11.6 Å². The molecule has 5 heteroatoms. The average Bonchev–Trinajstić information content (AvgIpc) is 3.00. The zero-order valence-corrected chi connectivity index (χ0v) is 12.6. The van der Waals surface area contributed by atoms with Gasteiger partial charge in [-0.1, -0.05) is 6.92 Å². The molecule has 2 aliphatic heterocycles. The molecule has 0 bridgehead atoms. The Morgan fingerprint density at radius 1 is 1.37 bits per heavy atom. The summed E-state index contributed by atoms with van der Waals surface area (Å²) >= 11 is 1.76.